The second-order valence-electron chi connectivity index (χ2n) is 4.91. The van der Waals surface area contributed by atoms with Crippen LogP contribution in [0.5, 0.6) is 11.5 Å². The topological polar surface area (TPSA) is 114 Å². The minimum atomic E-state index is -0.604. The molecule has 3 heterocycles. The molecule has 8 heteroatoms. The predicted molar refractivity (Wildman–Crippen MR) is 85.0 cm³/mol. The summed E-state index contributed by atoms with van der Waals surface area (Å²) in [6, 6.07) is 10.4. The Labute approximate surface area is 133 Å². The lowest BCUT2D eigenvalue weighted by Crippen LogP contribution is -2.21. The van der Waals surface area contributed by atoms with Gasteiger partial charge in [0.15, 0.2) is 11.2 Å². The number of nitrogens with zero attached hydrogens (tertiary/aromatic N) is 2. The van der Waals surface area contributed by atoms with Gasteiger partial charge in [-0.05, 0) is 36.4 Å². The molecule has 118 valence electrons. The third kappa shape index (κ3) is 2.56. The van der Waals surface area contributed by atoms with Gasteiger partial charge >= 0.3 is 5.69 Å². The van der Waals surface area contributed by atoms with E-state index in [1.54, 1.807) is 42.6 Å². The van der Waals surface area contributed by atoms with Gasteiger partial charge in [-0.2, -0.15) is 4.98 Å². The van der Waals surface area contributed by atoms with E-state index in [1.807, 2.05) is 0 Å². The number of oxazole rings is 1. The molecule has 0 spiro atoms. The maximum Gasteiger partial charge on any atom is 0.325 e. The van der Waals surface area contributed by atoms with Crippen molar-refractivity contribution in [3.63, 3.8) is 0 Å². The van der Waals surface area contributed by atoms with Crippen molar-refractivity contribution >= 4 is 11.2 Å². The molecular formula is C16H10N4O4. The van der Waals surface area contributed by atoms with Crippen LogP contribution < -0.4 is 16.0 Å². The lowest BCUT2D eigenvalue weighted by molar-refractivity contribution is 0.471. The molecule has 4 rings (SSSR count). The molecule has 0 aliphatic heterocycles. The van der Waals surface area contributed by atoms with Gasteiger partial charge < -0.3 is 14.1 Å². The summed E-state index contributed by atoms with van der Waals surface area (Å²) in [5.41, 5.74) is 0.691. The van der Waals surface area contributed by atoms with Crippen LogP contribution in [0.15, 0.2) is 62.8 Å². The molecule has 0 amide bonds. The number of H-pyrrole nitrogens is 2. The monoisotopic (exact) mass is 322 g/mol. The van der Waals surface area contributed by atoms with Gasteiger partial charge in [0.05, 0.1) is 6.20 Å². The van der Waals surface area contributed by atoms with Crippen LogP contribution in [0.4, 0.5) is 0 Å². The van der Waals surface area contributed by atoms with Crippen LogP contribution >= 0.6 is 0 Å². The molecule has 3 aromatic heterocycles. The van der Waals surface area contributed by atoms with Gasteiger partial charge in [-0.15, -0.1) is 0 Å². The van der Waals surface area contributed by atoms with Crippen molar-refractivity contribution < 1.29 is 9.15 Å². The fourth-order valence-electron chi connectivity index (χ4n) is 2.16. The van der Waals surface area contributed by atoms with Crippen molar-refractivity contribution in [2.45, 2.75) is 0 Å². The van der Waals surface area contributed by atoms with Gasteiger partial charge in [-0.3, -0.25) is 9.78 Å². The maximum atomic E-state index is 11.6. The first-order valence-electron chi connectivity index (χ1n) is 7.01. The molecule has 1 aromatic carbocycles. The number of aromatic amines is 2. The average Bonchev–Trinajstić information content (AvgIpc) is 3.02. The van der Waals surface area contributed by atoms with Gasteiger partial charge in [0.25, 0.3) is 5.56 Å². The first-order valence-corrected chi connectivity index (χ1v) is 7.01. The summed E-state index contributed by atoms with van der Waals surface area (Å²) in [5.74, 6) is 0.871. The Morgan fingerprint density at radius 1 is 1.08 bits per heavy atom. The van der Waals surface area contributed by atoms with E-state index in [9.17, 15) is 9.59 Å². The van der Waals surface area contributed by atoms with Crippen LogP contribution in [0, 0.1) is 0 Å². The molecule has 2 N–H and O–H groups in total. The Hall–Kier alpha value is -3.68. The minimum Gasteiger partial charge on any atom is -0.450 e. The van der Waals surface area contributed by atoms with Crippen LogP contribution in [0.3, 0.4) is 0 Å². The molecular weight excluding hydrogens is 312 g/mol. The van der Waals surface area contributed by atoms with Crippen molar-refractivity contribution in [1.82, 2.24) is 19.9 Å². The fourth-order valence-corrected chi connectivity index (χ4v) is 2.16. The van der Waals surface area contributed by atoms with Crippen molar-refractivity contribution in [2.75, 3.05) is 0 Å². The molecule has 0 saturated carbocycles. The van der Waals surface area contributed by atoms with Crippen LogP contribution in [-0.2, 0) is 0 Å². The van der Waals surface area contributed by atoms with Crippen LogP contribution in [0.1, 0.15) is 0 Å². The number of benzene rings is 1. The number of rotatable bonds is 3. The quantitative estimate of drug-likeness (QED) is 0.597. The zero-order valence-electron chi connectivity index (χ0n) is 12.1. The summed E-state index contributed by atoms with van der Waals surface area (Å²) in [7, 11) is 0. The van der Waals surface area contributed by atoms with Crippen molar-refractivity contribution in [3.8, 4) is 23.0 Å². The summed E-state index contributed by atoms with van der Waals surface area (Å²) in [6.07, 6.45) is 2.86. The molecule has 0 saturated heterocycles. The van der Waals surface area contributed by atoms with Crippen LogP contribution in [0.2, 0.25) is 0 Å². The van der Waals surface area contributed by atoms with E-state index >= 15 is 0 Å². The van der Waals surface area contributed by atoms with Gasteiger partial charge in [0.1, 0.15) is 5.75 Å². The van der Waals surface area contributed by atoms with E-state index in [-0.39, 0.29) is 5.75 Å². The number of aromatic nitrogens is 4. The largest absolute Gasteiger partial charge is 0.450 e. The molecule has 0 bridgehead atoms. The SMILES string of the molecule is O=c1[nH]cc(Oc2ccc(-c3nc4ncccc4o3)cc2)c(=O)[nH]1. The number of hydrogen-bond acceptors (Lipinski definition) is 6. The summed E-state index contributed by atoms with van der Waals surface area (Å²) < 4.78 is 11.1. The Kier molecular flexibility index (Phi) is 3.20. The standard InChI is InChI=1S/C16H10N4O4/c21-14-12(8-18-16(22)20-14)23-10-5-3-9(4-6-10)15-19-13-11(24-15)2-1-7-17-13/h1-8H,(H2,18,20,21,22). The molecule has 0 radical (unpaired) electrons. The van der Waals surface area contributed by atoms with E-state index in [1.165, 1.54) is 6.20 Å². The van der Waals surface area contributed by atoms with E-state index < -0.39 is 11.2 Å². The second-order valence-corrected chi connectivity index (χ2v) is 4.91. The maximum absolute atomic E-state index is 11.6. The predicted octanol–water partition coefficient (Wildman–Crippen LogP) is 2.06. The highest BCUT2D eigenvalue weighted by atomic mass is 16.5. The highest BCUT2D eigenvalue weighted by Gasteiger charge is 2.09. The number of hydrogen-bond donors (Lipinski definition) is 2. The van der Waals surface area contributed by atoms with Crippen molar-refractivity contribution in [3.05, 3.63) is 69.6 Å². The smallest absolute Gasteiger partial charge is 0.325 e. The van der Waals surface area contributed by atoms with Gasteiger partial charge in [-0.1, -0.05) is 0 Å². The first-order chi connectivity index (χ1) is 11.7. The number of fused-ring (bicyclic) bond motifs is 1. The molecule has 0 fully saturated rings. The van der Waals surface area contributed by atoms with E-state index in [4.69, 9.17) is 9.15 Å². The third-order valence-corrected chi connectivity index (χ3v) is 3.28. The zero-order chi connectivity index (χ0) is 16.5. The number of pyridine rings is 1. The Balaban J connectivity index is 1.62. The lowest BCUT2D eigenvalue weighted by atomic mass is 10.2. The highest BCUT2D eigenvalue weighted by Crippen LogP contribution is 2.26. The average molecular weight is 322 g/mol. The molecule has 0 aliphatic carbocycles. The molecule has 0 aliphatic rings. The third-order valence-electron chi connectivity index (χ3n) is 3.28. The lowest BCUT2D eigenvalue weighted by Gasteiger charge is -2.04. The molecule has 24 heavy (non-hydrogen) atoms. The number of ether oxygens (including phenoxy) is 1. The molecule has 4 aromatic rings. The summed E-state index contributed by atoms with van der Waals surface area (Å²) in [4.78, 5) is 35.4. The fraction of sp³-hybridized carbons (Fsp3) is 0. The first kappa shape index (κ1) is 13.9. The zero-order valence-corrected chi connectivity index (χ0v) is 12.1. The summed E-state index contributed by atoms with van der Waals surface area (Å²) in [5, 5.41) is 0. The van der Waals surface area contributed by atoms with Gasteiger partial charge in [-0.25, -0.2) is 9.78 Å². The second kappa shape index (κ2) is 5.51. The van der Waals surface area contributed by atoms with Crippen molar-refractivity contribution in [2.24, 2.45) is 0 Å². The van der Waals surface area contributed by atoms with Crippen LogP contribution in [0.25, 0.3) is 22.7 Å². The number of nitrogens with one attached hydrogen (secondary N) is 2. The Bertz CT molecular complexity index is 1090. The Morgan fingerprint density at radius 2 is 1.92 bits per heavy atom. The summed E-state index contributed by atoms with van der Waals surface area (Å²) in [6.45, 7) is 0. The summed E-state index contributed by atoms with van der Waals surface area (Å²) >= 11 is 0. The Morgan fingerprint density at radius 3 is 2.67 bits per heavy atom. The minimum absolute atomic E-state index is 0.00610. The highest BCUT2D eigenvalue weighted by molar-refractivity contribution is 5.72. The van der Waals surface area contributed by atoms with Gasteiger partial charge in [0.2, 0.25) is 11.6 Å². The molecule has 8 nitrogen and oxygen atoms in total. The van der Waals surface area contributed by atoms with Crippen molar-refractivity contribution in [1.29, 1.82) is 0 Å². The van der Waals surface area contributed by atoms with Crippen LogP contribution in [-0.4, -0.2) is 19.9 Å². The normalized spacial score (nSPS) is 10.8. The molecule has 0 atom stereocenters. The van der Waals surface area contributed by atoms with Gasteiger partial charge in [0, 0.05) is 11.8 Å². The molecule has 0 unspecified atom stereocenters. The van der Waals surface area contributed by atoms with E-state index in [2.05, 4.69) is 19.9 Å². The van der Waals surface area contributed by atoms with E-state index in [0.717, 1.165) is 5.56 Å². The van der Waals surface area contributed by atoms with E-state index in [0.29, 0.717) is 22.9 Å².